The first-order chi connectivity index (χ1) is 5.22. The van der Waals surface area contributed by atoms with Gasteiger partial charge in [0.25, 0.3) is 0 Å². The lowest BCUT2D eigenvalue weighted by Gasteiger charge is -2.26. The second-order valence-electron chi connectivity index (χ2n) is 3.16. The molecule has 11 heavy (non-hydrogen) atoms. The molecule has 1 aliphatic rings. The predicted octanol–water partition coefficient (Wildman–Crippen LogP) is -0.323. The lowest BCUT2D eigenvalue weighted by molar-refractivity contribution is -0.317. The van der Waals surface area contributed by atoms with Crippen LogP contribution in [0.2, 0.25) is 0 Å². The molecule has 1 saturated carbocycles. The van der Waals surface area contributed by atoms with Gasteiger partial charge in [-0.2, -0.15) is 0 Å². The van der Waals surface area contributed by atoms with E-state index in [4.69, 9.17) is 5.11 Å². The molecule has 0 aromatic heterocycles. The molecule has 0 unspecified atom stereocenters. The van der Waals surface area contributed by atoms with Gasteiger partial charge < -0.3 is 15.0 Å². The van der Waals surface area contributed by atoms with Crippen molar-refractivity contribution >= 4 is 5.97 Å². The molecule has 64 valence electrons. The van der Waals surface area contributed by atoms with E-state index < -0.39 is 12.1 Å². The Labute approximate surface area is 66.0 Å². The van der Waals surface area contributed by atoms with Crippen molar-refractivity contribution in [1.82, 2.24) is 0 Å². The fourth-order valence-corrected chi connectivity index (χ4v) is 1.64. The fourth-order valence-electron chi connectivity index (χ4n) is 1.64. The summed E-state index contributed by atoms with van der Waals surface area (Å²) in [4.78, 5) is 10.2. The van der Waals surface area contributed by atoms with Gasteiger partial charge in [0.15, 0.2) is 0 Å². The summed E-state index contributed by atoms with van der Waals surface area (Å²) >= 11 is 0. The normalized spacial score (nSPS) is 23.0. The van der Waals surface area contributed by atoms with Crippen LogP contribution < -0.4 is 5.11 Å². The number of carboxylic acid groups (broad SMARTS) is 1. The Balaban J connectivity index is 2.38. The van der Waals surface area contributed by atoms with E-state index in [0.29, 0.717) is 0 Å². The first-order valence-electron chi connectivity index (χ1n) is 4.10. The van der Waals surface area contributed by atoms with E-state index in [1.54, 1.807) is 0 Å². The van der Waals surface area contributed by atoms with E-state index in [9.17, 15) is 9.90 Å². The lowest BCUT2D eigenvalue weighted by atomic mass is 9.85. The number of aliphatic carboxylic acids is 1. The SMILES string of the molecule is O=C([O-])[C@@H](O)C1CCCCC1. The Morgan fingerprint density at radius 3 is 2.36 bits per heavy atom. The quantitative estimate of drug-likeness (QED) is 0.597. The Morgan fingerprint density at radius 1 is 1.36 bits per heavy atom. The van der Waals surface area contributed by atoms with E-state index in [2.05, 4.69) is 0 Å². The fraction of sp³-hybridized carbons (Fsp3) is 0.875. The van der Waals surface area contributed by atoms with Crippen LogP contribution in [0.1, 0.15) is 32.1 Å². The molecule has 0 heterocycles. The highest BCUT2D eigenvalue weighted by Crippen LogP contribution is 2.25. The van der Waals surface area contributed by atoms with Gasteiger partial charge in [-0.15, -0.1) is 0 Å². The zero-order valence-electron chi connectivity index (χ0n) is 6.45. The lowest BCUT2D eigenvalue weighted by Crippen LogP contribution is -2.41. The number of hydrogen-bond donors (Lipinski definition) is 1. The van der Waals surface area contributed by atoms with Crippen molar-refractivity contribution in [2.75, 3.05) is 0 Å². The second-order valence-corrected chi connectivity index (χ2v) is 3.16. The van der Waals surface area contributed by atoms with Crippen molar-refractivity contribution in [3.63, 3.8) is 0 Å². The molecule has 0 saturated heterocycles. The zero-order valence-corrected chi connectivity index (χ0v) is 6.45. The number of carbonyl (C=O) groups is 1. The van der Waals surface area contributed by atoms with E-state index >= 15 is 0 Å². The van der Waals surface area contributed by atoms with Crippen LogP contribution in [-0.2, 0) is 4.79 Å². The number of aliphatic hydroxyl groups excluding tert-OH is 1. The third-order valence-corrected chi connectivity index (χ3v) is 2.34. The Kier molecular flexibility index (Phi) is 2.88. The summed E-state index contributed by atoms with van der Waals surface area (Å²) in [6.07, 6.45) is 3.65. The van der Waals surface area contributed by atoms with E-state index in [-0.39, 0.29) is 5.92 Å². The molecule has 1 atom stereocenters. The van der Waals surface area contributed by atoms with Crippen LogP contribution in [0.15, 0.2) is 0 Å². The highest BCUT2D eigenvalue weighted by Gasteiger charge is 2.21. The maximum atomic E-state index is 10.2. The summed E-state index contributed by atoms with van der Waals surface area (Å²) < 4.78 is 0. The molecule has 1 N–H and O–H groups in total. The maximum absolute atomic E-state index is 10.2. The molecule has 1 fully saturated rings. The monoisotopic (exact) mass is 157 g/mol. The topological polar surface area (TPSA) is 60.4 Å². The van der Waals surface area contributed by atoms with Gasteiger partial charge in [-0.25, -0.2) is 0 Å². The third-order valence-electron chi connectivity index (χ3n) is 2.34. The van der Waals surface area contributed by atoms with Crippen molar-refractivity contribution in [2.24, 2.45) is 5.92 Å². The second kappa shape index (κ2) is 3.72. The highest BCUT2D eigenvalue weighted by molar-refractivity contribution is 5.69. The summed E-state index contributed by atoms with van der Waals surface area (Å²) in [7, 11) is 0. The number of carboxylic acids is 1. The molecular formula is C8H13O3-. The van der Waals surface area contributed by atoms with Crippen LogP contribution in [0.25, 0.3) is 0 Å². The highest BCUT2D eigenvalue weighted by atomic mass is 16.4. The number of rotatable bonds is 2. The van der Waals surface area contributed by atoms with Gasteiger partial charge in [-0.05, 0) is 18.8 Å². The summed E-state index contributed by atoms with van der Waals surface area (Å²) in [5.74, 6) is -1.38. The van der Waals surface area contributed by atoms with Gasteiger partial charge in [0.1, 0.15) is 0 Å². The molecule has 3 heteroatoms. The molecule has 1 aliphatic carbocycles. The van der Waals surface area contributed by atoms with Crippen LogP contribution in [0.3, 0.4) is 0 Å². The molecule has 0 aromatic carbocycles. The Bertz CT molecular complexity index is 138. The van der Waals surface area contributed by atoms with E-state index in [1.807, 2.05) is 0 Å². The van der Waals surface area contributed by atoms with E-state index in [0.717, 1.165) is 32.1 Å². The predicted molar refractivity (Wildman–Crippen MR) is 37.6 cm³/mol. The molecule has 0 amide bonds. The van der Waals surface area contributed by atoms with Crippen LogP contribution in [-0.4, -0.2) is 17.2 Å². The molecule has 0 aliphatic heterocycles. The molecule has 0 spiro atoms. The average molecular weight is 157 g/mol. The summed E-state index contributed by atoms with van der Waals surface area (Å²) in [5.41, 5.74) is 0. The van der Waals surface area contributed by atoms with Crippen molar-refractivity contribution < 1.29 is 15.0 Å². The minimum atomic E-state index is -1.32. The number of aliphatic hydroxyl groups is 1. The van der Waals surface area contributed by atoms with Crippen molar-refractivity contribution in [3.8, 4) is 0 Å². The van der Waals surface area contributed by atoms with Crippen molar-refractivity contribution in [2.45, 2.75) is 38.2 Å². The Hall–Kier alpha value is -0.570. The van der Waals surface area contributed by atoms with Gasteiger partial charge in [-0.1, -0.05) is 19.3 Å². The van der Waals surface area contributed by atoms with Gasteiger partial charge in [-0.3, -0.25) is 0 Å². The molecule has 0 bridgehead atoms. The standard InChI is InChI=1S/C8H14O3/c9-7(8(10)11)6-4-2-1-3-5-6/h6-7,9H,1-5H2,(H,10,11)/p-1/t7-/m0/s1. The molecule has 0 radical (unpaired) electrons. The Morgan fingerprint density at radius 2 is 1.91 bits per heavy atom. The smallest absolute Gasteiger partial charge is 0.0961 e. The minimum absolute atomic E-state index is 0.0613. The van der Waals surface area contributed by atoms with Crippen molar-refractivity contribution in [1.29, 1.82) is 0 Å². The van der Waals surface area contributed by atoms with Crippen LogP contribution in [0, 0.1) is 5.92 Å². The van der Waals surface area contributed by atoms with Crippen LogP contribution in [0.5, 0.6) is 0 Å². The van der Waals surface area contributed by atoms with Gasteiger partial charge in [0.05, 0.1) is 12.1 Å². The van der Waals surface area contributed by atoms with Gasteiger partial charge in [0.2, 0.25) is 0 Å². The first kappa shape index (κ1) is 8.53. The van der Waals surface area contributed by atoms with Gasteiger partial charge >= 0.3 is 0 Å². The van der Waals surface area contributed by atoms with Crippen LogP contribution >= 0.6 is 0 Å². The molecule has 1 rings (SSSR count). The van der Waals surface area contributed by atoms with Crippen LogP contribution in [0.4, 0.5) is 0 Å². The first-order valence-corrected chi connectivity index (χ1v) is 4.10. The summed E-state index contributed by atoms with van der Waals surface area (Å²) in [5, 5.41) is 19.3. The zero-order chi connectivity index (χ0) is 8.27. The molecular weight excluding hydrogens is 144 g/mol. The number of carbonyl (C=O) groups excluding carboxylic acids is 1. The van der Waals surface area contributed by atoms with Crippen molar-refractivity contribution in [3.05, 3.63) is 0 Å². The summed E-state index contributed by atoms with van der Waals surface area (Å²) in [6.45, 7) is 0. The van der Waals surface area contributed by atoms with E-state index in [1.165, 1.54) is 0 Å². The third kappa shape index (κ3) is 2.19. The number of hydrogen-bond acceptors (Lipinski definition) is 3. The molecule has 0 aromatic rings. The average Bonchev–Trinajstić information content (AvgIpc) is 2.05. The molecule has 3 nitrogen and oxygen atoms in total. The minimum Gasteiger partial charge on any atom is -0.547 e. The van der Waals surface area contributed by atoms with Gasteiger partial charge in [0, 0.05) is 0 Å². The largest absolute Gasteiger partial charge is 0.547 e. The summed E-state index contributed by atoms with van der Waals surface area (Å²) in [6, 6.07) is 0. The maximum Gasteiger partial charge on any atom is 0.0961 e.